The standard InChI is InChI=1S/C16H24N2O3/c1-12(2)9-11-18(3)16(21)17-10-8-13-4-6-14(7-5-13)15(19)20/h4-7,12H,8-11H2,1-3H3,(H,17,21)(H,19,20). The van der Waals surface area contributed by atoms with Crippen molar-refractivity contribution in [2.24, 2.45) is 5.92 Å². The number of rotatable bonds is 7. The zero-order valence-corrected chi connectivity index (χ0v) is 12.9. The highest BCUT2D eigenvalue weighted by Gasteiger charge is 2.08. The lowest BCUT2D eigenvalue weighted by Gasteiger charge is -2.19. The third kappa shape index (κ3) is 6.29. The van der Waals surface area contributed by atoms with Crippen LogP contribution >= 0.6 is 0 Å². The lowest BCUT2D eigenvalue weighted by Crippen LogP contribution is -2.39. The minimum atomic E-state index is -0.929. The molecule has 0 atom stereocenters. The van der Waals surface area contributed by atoms with Gasteiger partial charge >= 0.3 is 12.0 Å². The molecule has 2 N–H and O–H groups in total. The maximum atomic E-state index is 11.8. The van der Waals surface area contributed by atoms with Gasteiger partial charge in [0.1, 0.15) is 0 Å². The minimum Gasteiger partial charge on any atom is -0.478 e. The van der Waals surface area contributed by atoms with Crippen LogP contribution < -0.4 is 5.32 Å². The predicted octanol–water partition coefficient (Wildman–Crippen LogP) is 2.61. The molecule has 5 nitrogen and oxygen atoms in total. The molecule has 0 fully saturated rings. The van der Waals surface area contributed by atoms with E-state index in [4.69, 9.17) is 5.11 Å². The predicted molar refractivity (Wildman–Crippen MR) is 82.6 cm³/mol. The van der Waals surface area contributed by atoms with Crippen LogP contribution in [0.2, 0.25) is 0 Å². The molecule has 0 spiro atoms. The lowest BCUT2D eigenvalue weighted by molar-refractivity contribution is 0.0697. The largest absolute Gasteiger partial charge is 0.478 e. The van der Waals surface area contributed by atoms with E-state index in [9.17, 15) is 9.59 Å². The Bertz CT molecular complexity index is 469. The van der Waals surface area contributed by atoms with Gasteiger partial charge in [-0.2, -0.15) is 0 Å². The number of carbonyl (C=O) groups excluding carboxylic acids is 1. The normalized spacial score (nSPS) is 10.5. The first-order chi connectivity index (χ1) is 9.90. The Kier molecular flexibility index (Phi) is 6.72. The Hall–Kier alpha value is -2.04. The van der Waals surface area contributed by atoms with Crippen LogP contribution in [0.25, 0.3) is 0 Å². The SMILES string of the molecule is CC(C)CCN(C)C(=O)NCCc1ccc(C(=O)O)cc1. The molecule has 2 amide bonds. The summed E-state index contributed by atoms with van der Waals surface area (Å²) in [4.78, 5) is 24.3. The van der Waals surface area contributed by atoms with E-state index >= 15 is 0 Å². The molecule has 0 saturated heterocycles. The summed E-state index contributed by atoms with van der Waals surface area (Å²) in [5, 5.41) is 11.7. The van der Waals surface area contributed by atoms with Crippen LogP contribution in [0.4, 0.5) is 4.79 Å². The third-order valence-electron chi connectivity index (χ3n) is 3.28. The van der Waals surface area contributed by atoms with Gasteiger partial charge in [0.05, 0.1) is 5.56 Å². The average Bonchev–Trinajstić information content (AvgIpc) is 2.45. The first-order valence-corrected chi connectivity index (χ1v) is 7.21. The summed E-state index contributed by atoms with van der Waals surface area (Å²) in [6, 6.07) is 6.64. The zero-order valence-electron chi connectivity index (χ0n) is 12.9. The van der Waals surface area contributed by atoms with E-state index < -0.39 is 5.97 Å². The van der Waals surface area contributed by atoms with Gasteiger partial charge in [0.2, 0.25) is 0 Å². The van der Waals surface area contributed by atoms with E-state index in [0.29, 0.717) is 18.9 Å². The van der Waals surface area contributed by atoms with Crippen LogP contribution in [0.3, 0.4) is 0 Å². The first-order valence-electron chi connectivity index (χ1n) is 7.21. The summed E-state index contributed by atoms with van der Waals surface area (Å²) < 4.78 is 0. The molecule has 1 aromatic rings. The Morgan fingerprint density at radius 2 is 1.86 bits per heavy atom. The van der Waals surface area contributed by atoms with E-state index in [0.717, 1.165) is 18.5 Å². The molecular formula is C16H24N2O3. The highest BCUT2D eigenvalue weighted by Crippen LogP contribution is 2.05. The van der Waals surface area contributed by atoms with Crippen molar-refractivity contribution in [3.8, 4) is 0 Å². The van der Waals surface area contributed by atoms with Crippen LogP contribution in [0.15, 0.2) is 24.3 Å². The third-order valence-corrected chi connectivity index (χ3v) is 3.28. The molecule has 5 heteroatoms. The molecule has 21 heavy (non-hydrogen) atoms. The van der Waals surface area contributed by atoms with Gasteiger partial charge in [-0.05, 0) is 36.5 Å². The van der Waals surface area contributed by atoms with Crippen molar-refractivity contribution in [2.75, 3.05) is 20.1 Å². The number of carboxylic acid groups (broad SMARTS) is 1. The van der Waals surface area contributed by atoms with Crippen molar-refractivity contribution in [1.82, 2.24) is 10.2 Å². The highest BCUT2D eigenvalue weighted by atomic mass is 16.4. The van der Waals surface area contributed by atoms with Gasteiger partial charge in [-0.3, -0.25) is 0 Å². The second kappa shape index (κ2) is 8.29. The Morgan fingerprint density at radius 1 is 1.24 bits per heavy atom. The van der Waals surface area contributed by atoms with E-state index in [-0.39, 0.29) is 11.6 Å². The summed E-state index contributed by atoms with van der Waals surface area (Å²) in [7, 11) is 1.79. The van der Waals surface area contributed by atoms with Crippen LogP contribution in [-0.2, 0) is 6.42 Å². The Morgan fingerprint density at radius 3 is 2.38 bits per heavy atom. The van der Waals surface area contributed by atoms with Gasteiger partial charge in [0, 0.05) is 20.1 Å². The second-order valence-electron chi connectivity index (χ2n) is 5.59. The summed E-state index contributed by atoms with van der Waals surface area (Å²) >= 11 is 0. The molecule has 116 valence electrons. The number of hydrogen-bond acceptors (Lipinski definition) is 2. The summed E-state index contributed by atoms with van der Waals surface area (Å²) in [5.74, 6) is -0.352. The van der Waals surface area contributed by atoms with E-state index in [1.54, 1.807) is 36.2 Å². The second-order valence-corrected chi connectivity index (χ2v) is 5.59. The van der Waals surface area contributed by atoms with Gasteiger partial charge < -0.3 is 15.3 Å². The van der Waals surface area contributed by atoms with Crippen molar-refractivity contribution in [3.63, 3.8) is 0 Å². The fraction of sp³-hybridized carbons (Fsp3) is 0.500. The van der Waals surface area contributed by atoms with Gasteiger partial charge in [0.15, 0.2) is 0 Å². The molecule has 0 radical (unpaired) electrons. The molecular weight excluding hydrogens is 268 g/mol. The van der Waals surface area contributed by atoms with Gasteiger partial charge in [0.25, 0.3) is 0 Å². The van der Waals surface area contributed by atoms with Crippen LogP contribution in [0.5, 0.6) is 0 Å². The number of urea groups is 1. The molecule has 0 saturated carbocycles. The topological polar surface area (TPSA) is 69.6 Å². The fourth-order valence-electron chi connectivity index (χ4n) is 1.82. The number of nitrogens with zero attached hydrogens (tertiary/aromatic N) is 1. The zero-order chi connectivity index (χ0) is 15.8. The first kappa shape index (κ1) is 17.0. The number of nitrogens with one attached hydrogen (secondary N) is 1. The smallest absolute Gasteiger partial charge is 0.335 e. The van der Waals surface area contributed by atoms with Gasteiger partial charge in [-0.1, -0.05) is 26.0 Å². The van der Waals surface area contributed by atoms with Gasteiger partial charge in [-0.25, -0.2) is 9.59 Å². The molecule has 0 bridgehead atoms. The monoisotopic (exact) mass is 292 g/mol. The van der Waals surface area contributed by atoms with Crippen LogP contribution in [0.1, 0.15) is 36.2 Å². The number of aromatic carboxylic acids is 1. The van der Waals surface area contributed by atoms with Crippen molar-refractivity contribution < 1.29 is 14.7 Å². The number of hydrogen-bond donors (Lipinski definition) is 2. The van der Waals surface area contributed by atoms with Crippen molar-refractivity contribution >= 4 is 12.0 Å². The molecule has 0 aliphatic heterocycles. The van der Waals surface area contributed by atoms with E-state index in [1.165, 1.54) is 0 Å². The van der Waals surface area contributed by atoms with Crippen molar-refractivity contribution in [1.29, 1.82) is 0 Å². The summed E-state index contributed by atoms with van der Waals surface area (Å²) in [5.41, 5.74) is 1.28. The average molecular weight is 292 g/mol. The molecule has 0 heterocycles. The number of carbonyl (C=O) groups is 2. The van der Waals surface area contributed by atoms with Crippen LogP contribution in [-0.4, -0.2) is 42.1 Å². The molecule has 0 unspecified atom stereocenters. The molecule has 0 aromatic heterocycles. The van der Waals surface area contributed by atoms with Crippen molar-refractivity contribution in [2.45, 2.75) is 26.7 Å². The number of benzene rings is 1. The summed E-state index contributed by atoms with van der Waals surface area (Å²) in [6.45, 7) is 5.55. The maximum Gasteiger partial charge on any atom is 0.335 e. The summed E-state index contributed by atoms with van der Waals surface area (Å²) in [6.07, 6.45) is 1.67. The highest BCUT2D eigenvalue weighted by molar-refractivity contribution is 5.87. The number of carboxylic acids is 1. The van der Waals surface area contributed by atoms with E-state index in [2.05, 4.69) is 19.2 Å². The van der Waals surface area contributed by atoms with Gasteiger partial charge in [-0.15, -0.1) is 0 Å². The molecule has 1 rings (SSSR count). The molecule has 0 aliphatic carbocycles. The van der Waals surface area contributed by atoms with Crippen molar-refractivity contribution in [3.05, 3.63) is 35.4 Å². The minimum absolute atomic E-state index is 0.0715. The lowest BCUT2D eigenvalue weighted by atomic mass is 10.1. The van der Waals surface area contributed by atoms with Crippen LogP contribution in [0, 0.1) is 5.92 Å². The van der Waals surface area contributed by atoms with E-state index in [1.807, 2.05) is 0 Å². The Balaban J connectivity index is 2.32. The quantitative estimate of drug-likeness (QED) is 0.811. The maximum absolute atomic E-state index is 11.8. The fourth-order valence-corrected chi connectivity index (χ4v) is 1.82. The Labute approximate surface area is 126 Å². The molecule has 1 aromatic carbocycles. The number of amides is 2. The molecule has 0 aliphatic rings.